The molecule has 0 aliphatic carbocycles. The zero-order valence-corrected chi connectivity index (χ0v) is 14.3. The quantitative estimate of drug-likeness (QED) is 0.907. The number of hydrogen-bond acceptors (Lipinski definition) is 6. The van der Waals surface area contributed by atoms with Crippen LogP contribution in [-0.4, -0.2) is 34.8 Å². The van der Waals surface area contributed by atoms with E-state index in [0.717, 1.165) is 31.7 Å². The summed E-state index contributed by atoms with van der Waals surface area (Å²) in [6.45, 7) is 6.43. The van der Waals surface area contributed by atoms with E-state index in [4.69, 9.17) is 5.73 Å². The average Bonchev–Trinajstić information content (AvgIpc) is 3.14. The highest BCUT2D eigenvalue weighted by atomic mass is 19.4. The van der Waals surface area contributed by atoms with Crippen LogP contribution in [0.25, 0.3) is 11.4 Å². The summed E-state index contributed by atoms with van der Waals surface area (Å²) in [5.74, 6) is -0.159. The van der Waals surface area contributed by atoms with Crippen LogP contribution in [-0.2, 0) is 6.18 Å². The molecule has 2 aromatic heterocycles. The average molecular weight is 357 g/mol. The molecule has 0 spiro atoms. The van der Waals surface area contributed by atoms with Crippen molar-refractivity contribution in [3.05, 3.63) is 24.2 Å². The second-order valence-electron chi connectivity index (χ2n) is 5.49. The molecule has 6 nitrogen and oxygen atoms in total. The third-order valence-electron chi connectivity index (χ3n) is 3.95. The van der Waals surface area contributed by atoms with Gasteiger partial charge in [-0.05, 0) is 37.4 Å². The van der Waals surface area contributed by atoms with Crippen LogP contribution < -0.4 is 10.6 Å². The molecule has 138 valence electrons. The zero-order valence-electron chi connectivity index (χ0n) is 14.3. The van der Waals surface area contributed by atoms with Crippen LogP contribution in [0.2, 0.25) is 0 Å². The SMILES string of the molecule is CC.NCC1CCN(c2ccc(-c3noc(C(F)(F)F)n3)cn2)CC1. The molecule has 0 atom stereocenters. The standard InChI is InChI=1S/C14H16F3N5O.C2H6/c15-14(16,17)13-20-12(21-23-13)10-1-2-11(19-8-10)22-5-3-9(7-18)4-6-22;1-2/h1-2,8-9H,3-7,18H2;1-2H3. The van der Waals surface area contributed by atoms with Gasteiger partial charge in [0.1, 0.15) is 5.82 Å². The first-order chi connectivity index (χ1) is 12.0. The number of aromatic nitrogens is 3. The minimum Gasteiger partial charge on any atom is -0.357 e. The molecule has 2 N–H and O–H groups in total. The van der Waals surface area contributed by atoms with Gasteiger partial charge in [-0.2, -0.15) is 18.2 Å². The highest BCUT2D eigenvalue weighted by molar-refractivity contribution is 5.56. The molecule has 0 amide bonds. The van der Waals surface area contributed by atoms with Gasteiger partial charge in [-0.3, -0.25) is 0 Å². The molecule has 1 aliphatic rings. The third kappa shape index (κ3) is 4.68. The van der Waals surface area contributed by atoms with Crippen molar-refractivity contribution in [1.82, 2.24) is 15.1 Å². The van der Waals surface area contributed by atoms with Crippen molar-refractivity contribution in [2.75, 3.05) is 24.5 Å². The molecule has 3 heterocycles. The second-order valence-corrected chi connectivity index (χ2v) is 5.49. The van der Waals surface area contributed by atoms with Crippen LogP contribution in [0, 0.1) is 5.92 Å². The first-order valence-corrected chi connectivity index (χ1v) is 8.29. The van der Waals surface area contributed by atoms with E-state index in [9.17, 15) is 13.2 Å². The summed E-state index contributed by atoms with van der Waals surface area (Å²) in [5.41, 5.74) is 6.05. The van der Waals surface area contributed by atoms with Crippen LogP contribution in [0.4, 0.5) is 19.0 Å². The summed E-state index contributed by atoms with van der Waals surface area (Å²) in [5, 5.41) is 3.34. The van der Waals surface area contributed by atoms with E-state index in [2.05, 4.69) is 24.5 Å². The maximum Gasteiger partial charge on any atom is 0.471 e. The van der Waals surface area contributed by atoms with E-state index in [-0.39, 0.29) is 5.82 Å². The number of rotatable bonds is 3. The number of halogens is 3. The Morgan fingerprint density at radius 1 is 1.24 bits per heavy atom. The Kier molecular flexibility index (Phi) is 6.35. The van der Waals surface area contributed by atoms with Gasteiger partial charge in [0.25, 0.3) is 0 Å². The zero-order chi connectivity index (χ0) is 18.4. The van der Waals surface area contributed by atoms with E-state index in [0.29, 0.717) is 18.0 Å². The molecular formula is C16H22F3N5O. The van der Waals surface area contributed by atoms with Crippen LogP contribution in [0.15, 0.2) is 22.9 Å². The predicted octanol–water partition coefficient (Wildman–Crippen LogP) is 3.35. The maximum atomic E-state index is 12.5. The molecule has 1 aliphatic heterocycles. The van der Waals surface area contributed by atoms with Gasteiger partial charge in [-0.25, -0.2) is 4.98 Å². The Morgan fingerprint density at radius 3 is 2.40 bits per heavy atom. The van der Waals surface area contributed by atoms with Crippen molar-refractivity contribution in [2.24, 2.45) is 11.7 Å². The number of nitrogens with two attached hydrogens (primary N) is 1. The van der Waals surface area contributed by atoms with E-state index >= 15 is 0 Å². The smallest absolute Gasteiger partial charge is 0.357 e. The minimum atomic E-state index is -4.65. The molecule has 0 radical (unpaired) electrons. The number of alkyl halides is 3. The maximum absolute atomic E-state index is 12.5. The number of piperidine rings is 1. The monoisotopic (exact) mass is 357 g/mol. The molecule has 9 heteroatoms. The molecule has 2 aromatic rings. The van der Waals surface area contributed by atoms with Gasteiger partial charge in [0.15, 0.2) is 0 Å². The lowest BCUT2D eigenvalue weighted by Gasteiger charge is -2.32. The van der Waals surface area contributed by atoms with Crippen LogP contribution >= 0.6 is 0 Å². The molecule has 0 aromatic carbocycles. The molecular weight excluding hydrogens is 335 g/mol. The van der Waals surface area contributed by atoms with Gasteiger partial charge in [0, 0.05) is 24.8 Å². The fraction of sp³-hybridized carbons (Fsp3) is 0.562. The summed E-state index contributed by atoms with van der Waals surface area (Å²) >= 11 is 0. The van der Waals surface area contributed by atoms with E-state index in [1.807, 2.05) is 13.8 Å². The van der Waals surface area contributed by atoms with Crippen molar-refractivity contribution in [1.29, 1.82) is 0 Å². The highest BCUT2D eigenvalue weighted by Gasteiger charge is 2.38. The summed E-state index contributed by atoms with van der Waals surface area (Å²) < 4.78 is 41.6. The summed E-state index contributed by atoms with van der Waals surface area (Å²) in [7, 11) is 0. The van der Waals surface area contributed by atoms with Crippen molar-refractivity contribution in [2.45, 2.75) is 32.9 Å². The lowest BCUT2D eigenvalue weighted by atomic mass is 9.97. The number of anilines is 1. The van der Waals surface area contributed by atoms with Crippen LogP contribution in [0.5, 0.6) is 0 Å². The Bertz CT molecular complexity index is 649. The largest absolute Gasteiger partial charge is 0.471 e. The lowest BCUT2D eigenvalue weighted by Crippen LogP contribution is -2.36. The molecule has 3 rings (SSSR count). The van der Waals surface area contributed by atoms with E-state index in [1.165, 1.54) is 6.20 Å². The van der Waals surface area contributed by atoms with Gasteiger partial charge >= 0.3 is 12.1 Å². The van der Waals surface area contributed by atoms with Gasteiger partial charge in [0.05, 0.1) is 0 Å². The number of pyridine rings is 1. The molecule has 1 saturated heterocycles. The summed E-state index contributed by atoms with van der Waals surface area (Å²) in [4.78, 5) is 9.77. The van der Waals surface area contributed by atoms with Gasteiger partial charge in [0.2, 0.25) is 5.82 Å². The van der Waals surface area contributed by atoms with Crippen LogP contribution in [0.3, 0.4) is 0 Å². The summed E-state index contributed by atoms with van der Waals surface area (Å²) in [6.07, 6.45) is -1.17. The number of hydrogen-bond donors (Lipinski definition) is 1. The Hall–Kier alpha value is -2.16. The molecule has 25 heavy (non-hydrogen) atoms. The van der Waals surface area contributed by atoms with Crippen LogP contribution in [0.1, 0.15) is 32.6 Å². The minimum absolute atomic E-state index is 0.127. The molecule has 0 unspecified atom stereocenters. The first kappa shape index (κ1) is 19.2. The molecule has 0 saturated carbocycles. The Labute approximate surface area is 144 Å². The summed E-state index contributed by atoms with van der Waals surface area (Å²) in [6, 6.07) is 3.39. The third-order valence-corrected chi connectivity index (χ3v) is 3.95. The first-order valence-electron chi connectivity index (χ1n) is 8.29. The topological polar surface area (TPSA) is 81.1 Å². The van der Waals surface area contributed by atoms with Crippen molar-refractivity contribution >= 4 is 5.82 Å². The number of nitrogens with zero attached hydrogens (tertiary/aromatic N) is 4. The predicted molar refractivity (Wildman–Crippen MR) is 87.9 cm³/mol. The fourth-order valence-electron chi connectivity index (χ4n) is 2.56. The van der Waals surface area contributed by atoms with E-state index < -0.39 is 12.1 Å². The van der Waals surface area contributed by atoms with Crippen molar-refractivity contribution < 1.29 is 17.7 Å². The molecule has 1 fully saturated rings. The lowest BCUT2D eigenvalue weighted by molar-refractivity contribution is -0.159. The van der Waals surface area contributed by atoms with Gasteiger partial charge < -0.3 is 15.2 Å². The Morgan fingerprint density at radius 2 is 1.92 bits per heavy atom. The fourth-order valence-corrected chi connectivity index (χ4v) is 2.56. The van der Waals surface area contributed by atoms with Gasteiger partial charge in [-0.15, -0.1) is 0 Å². The van der Waals surface area contributed by atoms with Crippen molar-refractivity contribution in [3.63, 3.8) is 0 Å². The molecule has 0 bridgehead atoms. The van der Waals surface area contributed by atoms with Crippen molar-refractivity contribution in [3.8, 4) is 11.4 Å². The normalized spacial score (nSPS) is 15.7. The Balaban J connectivity index is 0.00000109. The van der Waals surface area contributed by atoms with Gasteiger partial charge in [-0.1, -0.05) is 19.0 Å². The highest BCUT2D eigenvalue weighted by Crippen LogP contribution is 2.29. The second kappa shape index (κ2) is 8.28. The van der Waals surface area contributed by atoms with E-state index in [1.54, 1.807) is 12.1 Å².